The van der Waals surface area contributed by atoms with Gasteiger partial charge in [-0.3, -0.25) is 4.79 Å². The molecule has 0 aromatic heterocycles. The molecule has 0 aromatic rings. The van der Waals surface area contributed by atoms with Gasteiger partial charge in [0.2, 0.25) is 6.08 Å². The third-order valence-electron chi connectivity index (χ3n) is 0.295. The van der Waals surface area contributed by atoms with Gasteiger partial charge in [-0.25, -0.2) is 15.6 Å². The van der Waals surface area contributed by atoms with Crippen LogP contribution in [0.1, 0.15) is 14.9 Å². The van der Waals surface area contributed by atoms with E-state index >= 15 is 0 Å². The van der Waals surface area contributed by atoms with Crippen molar-refractivity contribution in [3.8, 4) is 0 Å². The maximum absolute atomic E-state index is 9.25. The third kappa shape index (κ3) is 272. The Hall–Kier alpha value is -0.923. The normalized spacial score (nSPS) is 3.76. The second kappa shape index (κ2) is 80.9. The number of nitrogens with zero attached hydrogens (tertiary/aromatic N) is 1. The van der Waals surface area contributed by atoms with Crippen LogP contribution in [0.2, 0.25) is 0 Å². The minimum Gasteiger partial charge on any atom is -0.520 e. The minimum absolute atomic E-state index is 0. The largest absolute Gasteiger partial charge is 0.520 e. The molecule has 0 saturated heterocycles. The maximum atomic E-state index is 9.25. The molecule has 4 N–H and O–H groups in total. The molecule has 0 aliphatic heterocycles. The molecule has 0 fully saturated rings. The van der Waals surface area contributed by atoms with Gasteiger partial charge < -0.3 is 15.2 Å². The van der Waals surface area contributed by atoms with Crippen LogP contribution >= 0.6 is 0 Å². The zero-order valence-electron chi connectivity index (χ0n) is 7.22. The van der Waals surface area contributed by atoms with Gasteiger partial charge >= 0.3 is 0 Å². The fourth-order valence-electron chi connectivity index (χ4n) is 0.104. The summed E-state index contributed by atoms with van der Waals surface area (Å²) >= 11 is 0. The Morgan fingerprint density at radius 1 is 1.35 bits per heavy atom. The van der Waals surface area contributed by atoms with Crippen LogP contribution in [0.15, 0.2) is 4.99 Å². The average molecular weight is 587 g/mol. The molecule has 0 aliphatic rings. The average Bonchev–Trinajstić information content (AvgIpc) is 2.08. The van der Waals surface area contributed by atoms with Crippen molar-refractivity contribution in [2.24, 2.45) is 4.99 Å². The number of rotatable bonds is 3. The number of hydrogen-bond donors (Lipinski definition) is 4. The van der Waals surface area contributed by atoms with Crippen LogP contribution in [-0.2, 0) is 56.5 Å². The molecule has 8 nitrogen and oxygen atoms in total. The molecule has 1 amide bonds. The van der Waals surface area contributed by atoms with Gasteiger partial charge in [0.15, 0.2) is 0 Å². The van der Waals surface area contributed by atoms with E-state index in [0.29, 0.717) is 0 Å². The minimum atomic E-state index is -0.250. The van der Waals surface area contributed by atoms with E-state index in [-0.39, 0.29) is 70.1 Å². The number of carbonyl (C=O) groups is 1. The van der Waals surface area contributed by atoms with Gasteiger partial charge in [-0.2, -0.15) is 11.4 Å². The van der Waals surface area contributed by atoms with Crippen molar-refractivity contribution in [1.29, 1.82) is 10.8 Å². The summed E-state index contributed by atoms with van der Waals surface area (Å²) in [6.45, 7) is -0.285. The molecule has 10 heteroatoms. The van der Waals surface area contributed by atoms with Crippen molar-refractivity contribution in [2.45, 2.75) is 14.9 Å². The Balaban J connectivity index is -0.0000000177. The van der Waals surface area contributed by atoms with Crippen LogP contribution in [-0.4, -0.2) is 36.7 Å². The van der Waals surface area contributed by atoms with E-state index in [4.69, 9.17) is 20.7 Å². The number of isocyanates is 1. The molecule has 0 saturated carbocycles. The van der Waals surface area contributed by atoms with E-state index in [0.717, 1.165) is 0 Å². The summed E-state index contributed by atoms with van der Waals surface area (Å²) in [5.74, 6) is 0. The zero-order valence-corrected chi connectivity index (χ0v) is 13.1. The Morgan fingerprint density at radius 3 is 1.82 bits per heavy atom. The maximum Gasteiger partial charge on any atom is 0.290 e. The summed E-state index contributed by atoms with van der Waals surface area (Å²) in [5, 5.41) is 20.2. The summed E-state index contributed by atoms with van der Waals surface area (Å²) < 4.78 is 0. The van der Waals surface area contributed by atoms with Crippen molar-refractivity contribution >= 4 is 25.0 Å². The molecule has 0 atom stereocenters. The first-order valence-corrected chi connectivity index (χ1v) is 2.55. The van der Waals surface area contributed by atoms with Gasteiger partial charge in [-0.1, -0.05) is 14.9 Å². The quantitative estimate of drug-likeness (QED) is 0.0937. The first kappa shape index (κ1) is 44.4. The molecule has 0 aromatic carbocycles. The van der Waals surface area contributed by atoms with Gasteiger partial charge in [0, 0.05) is 42.1 Å². The van der Waals surface area contributed by atoms with Crippen molar-refractivity contribution in [3.63, 3.8) is 0 Å². The molecule has 0 bridgehead atoms. The van der Waals surface area contributed by atoms with E-state index in [9.17, 15) is 9.59 Å². The van der Waals surface area contributed by atoms with Gasteiger partial charge in [-0.05, 0) is 0 Å². The van der Waals surface area contributed by atoms with E-state index in [1.54, 1.807) is 0 Å². The topological polar surface area (TPSA) is 144 Å². The summed E-state index contributed by atoms with van der Waals surface area (Å²) in [7, 11) is 0. The molecule has 0 aliphatic carbocycles. The van der Waals surface area contributed by atoms with Crippen LogP contribution in [0.5, 0.6) is 0 Å². The van der Waals surface area contributed by atoms with E-state index < -0.39 is 0 Å². The number of carboxylic acid groups (broad SMARTS) is 1. The summed E-state index contributed by atoms with van der Waals surface area (Å²) in [6.07, 6.45) is 2.57. The predicted octanol–water partition coefficient (Wildman–Crippen LogP) is 0.222. The van der Waals surface area contributed by atoms with Gasteiger partial charge in [0.05, 0.1) is 12.7 Å². The van der Waals surface area contributed by atoms with Crippen molar-refractivity contribution < 1.29 is 61.6 Å². The Morgan fingerprint density at radius 2 is 1.65 bits per heavy atom. The van der Waals surface area contributed by atoms with Crippen molar-refractivity contribution in [3.05, 3.63) is 0 Å². The summed E-state index contributed by atoms with van der Waals surface area (Å²) in [6, 6.07) is 1.25. The van der Waals surface area contributed by atoms with Crippen LogP contribution in [0, 0.1) is 10.8 Å². The third-order valence-corrected chi connectivity index (χ3v) is 0.295. The number of hydrogen-bond acceptors (Lipinski definition) is 6. The monoisotopic (exact) mass is 587 g/mol. The van der Waals surface area contributed by atoms with Crippen LogP contribution in [0.3, 0.4) is 0 Å². The summed E-state index contributed by atoms with van der Waals surface area (Å²) in [5.41, 5.74) is 0. The predicted molar refractivity (Wildman–Crippen MR) is 54.4 cm³/mol. The van der Waals surface area contributed by atoms with Crippen LogP contribution in [0.25, 0.3) is 0 Å². The fraction of sp³-hybridized carbons (Fsp3) is 0.429. The number of amides is 1. The zero-order chi connectivity index (χ0) is 10.9. The molecule has 0 radical (unpaired) electrons. The van der Waals surface area contributed by atoms with E-state index in [1.807, 2.05) is 5.32 Å². The molecule has 0 rings (SSSR count). The Bertz CT molecular complexity index is 204. The van der Waals surface area contributed by atoms with Crippen molar-refractivity contribution in [2.75, 3.05) is 6.67 Å². The van der Waals surface area contributed by atoms with Crippen LogP contribution < -0.4 is 5.32 Å². The van der Waals surface area contributed by atoms with Crippen LogP contribution in [0.4, 0.5) is 0 Å². The molecule has 0 spiro atoms. The Labute approximate surface area is 129 Å². The smallest absolute Gasteiger partial charge is 0.290 e. The molecular weight excluding hydrogens is 572 g/mol. The second-order valence-corrected chi connectivity index (χ2v) is 0.917. The summed E-state index contributed by atoms with van der Waals surface area (Å²) in [4.78, 5) is 29.8. The number of nitrogens with one attached hydrogen (secondary N) is 3. The number of carbonyl (C=O) groups excluding carboxylic acids is 2. The molecule has 17 heavy (non-hydrogen) atoms. The van der Waals surface area contributed by atoms with E-state index in [1.165, 1.54) is 18.5 Å². The molecule has 100 valence electrons. The van der Waals surface area contributed by atoms with Gasteiger partial charge in [0.1, 0.15) is 0 Å². The van der Waals surface area contributed by atoms with Gasteiger partial charge in [-0.15, -0.1) is 0 Å². The SMILES string of the molecule is C.C.N=C=N.O=C=NCN[C-]=O.O=CO.[W].[W]. The van der Waals surface area contributed by atoms with E-state index in [2.05, 4.69) is 4.99 Å². The molecule has 0 unspecified atom stereocenters. The molecule has 0 heterocycles. The number of aliphatic imine (C=N–C) groups is 1. The van der Waals surface area contributed by atoms with Gasteiger partial charge in [0.25, 0.3) is 6.47 Å². The fourth-order valence-corrected chi connectivity index (χ4v) is 0.104. The molecular formula is C7H15N4O4W2-. The van der Waals surface area contributed by atoms with Crippen molar-refractivity contribution in [1.82, 2.24) is 5.32 Å². The first-order chi connectivity index (χ1) is 6.24. The first-order valence-electron chi connectivity index (χ1n) is 2.55. The Kier molecular flexibility index (Phi) is 211. The second-order valence-electron chi connectivity index (χ2n) is 0.917. The standard InChI is InChI=1S/C3H3N2O2.CH2N2.CH2O2.2CH4.2W/c6-2-4-1-5-3-7;2*2-1-3;;;;/h1H2,(H,4,6);2-3H;1H,(H,2,3);2*1H4;;/q-1;;;;;;.